The molecule has 0 spiro atoms. The van der Waals surface area contributed by atoms with E-state index in [1.807, 2.05) is 48.5 Å². The van der Waals surface area contributed by atoms with Gasteiger partial charge in [0.25, 0.3) is 0 Å². The Morgan fingerprint density at radius 2 is 1.19 bits per heavy atom. The molecule has 1 nitrogen and oxygen atoms in total. The van der Waals surface area contributed by atoms with Crippen molar-refractivity contribution in [3.63, 3.8) is 0 Å². The second kappa shape index (κ2) is 11.0. The minimum absolute atomic E-state index is 0.328. The maximum Gasteiger partial charge on any atom is 0.123 e. The highest BCUT2D eigenvalue weighted by Gasteiger charge is 2.00. The van der Waals surface area contributed by atoms with Crippen LogP contribution in [0.25, 0.3) is 11.1 Å². The fraction of sp³-hybridized carbons (Fsp3) is 0.400. The van der Waals surface area contributed by atoms with Crippen LogP contribution < -0.4 is 0 Å². The lowest BCUT2D eigenvalue weighted by Gasteiger charge is -2.02. The molecule has 0 fully saturated rings. The molecule has 1 heteroatoms. The summed E-state index contributed by atoms with van der Waals surface area (Å²) in [6.07, 6.45) is 8.49. The average molecular weight is 284 g/mol. The molecule has 21 heavy (non-hydrogen) atoms. The van der Waals surface area contributed by atoms with Gasteiger partial charge in [-0.2, -0.15) is 0 Å². The van der Waals surface area contributed by atoms with Crippen LogP contribution in [0.4, 0.5) is 0 Å². The van der Waals surface area contributed by atoms with E-state index >= 15 is 0 Å². The maximum atomic E-state index is 9.56. The smallest absolute Gasteiger partial charge is 0.123 e. The van der Waals surface area contributed by atoms with E-state index in [1.165, 1.54) is 38.5 Å². The Hall–Kier alpha value is -1.76. The van der Waals surface area contributed by atoms with Gasteiger partial charge in [-0.05, 0) is 11.6 Å². The minimum atomic E-state index is 0.328. The van der Waals surface area contributed by atoms with Crippen LogP contribution in [0.2, 0.25) is 0 Å². The summed E-state index contributed by atoms with van der Waals surface area (Å²) < 4.78 is 0. The quantitative estimate of drug-likeness (QED) is 0.606. The lowest BCUT2D eigenvalue weighted by atomic mass is 10.1. The van der Waals surface area contributed by atoms with Gasteiger partial charge in [0.1, 0.15) is 5.75 Å². The lowest BCUT2D eigenvalue weighted by Crippen LogP contribution is -1.76. The molecule has 1 N–H and O–H groups in total. The van der Waals surface area contributed by atoms with E-state index < -0.39 is 0 Å². The van der Waals surface area contributed by atoms with E-state index in [0.29, 0.717) is 5.75 Å². The summed E-state index contributed by atoms with van der Waals surface area (Å²) in [7, 11) is 0. The predicted octanol–water partition coefficient (Wildman–Crippen LogP) is 6.43. The first kappa shape index (κ1) is 17.3. The van der Waals surface area contributed by atoms with Crippen LogP contribution in [0.15, 0.2) is 54.6 Å². The van der Waals surface area contributed by atoms with Crippen LogP contribution in [-0.2, 0) is 0 Å². The number of rotatable bonds is 6. The maximum absolute atomic E-state index is 9.56. The minimum Gasteiger partial charge on any atom is -0.507 e. The molecule has 0 bridgehead atoms. The van der Waals surface area contributed by atoms with E-state index in [-0.39, 0.29) is 0 Å². The Bertz CT molecular complexity index is 470. The number of unbranched alkanes of at least 4 members (excludes halogenated alkanes) is 5. The summed E-state index contributed by atoms with van der Waals surface area (Å²) in [5.74, 6) is 0.328. The third-order valence-electron chi connectivity index (χ3n) is 3.45. The Balaban J connectivity index is 0.000000240. The molecule has 2 aromatic carbocycles. The molecule has 0 atom stereocenters. The molecule has 0 heterocycles. The van der Waals surface area contributed by atoms with Gasteiger partial charge in [0.15, 0.2) is 0 Å². The van der Waals surface area contributed by atoms with Crippen LogP contribution in [0.3, 0.4) is 0 Å². The van der Waals surface area contributed by atoms with Gasteiger partial charge in [-0.3, -0.25) is 0 Å². The molecule has 114 valence electrons. The summed E-state index contributed by atoms with van der Waals surface area (Å²) in [6.45, 7) is 4.51. The molecule has 0 saturated heterocycles. The third-order valence-corrected chi connectivity index (χ3v) is 3.45. The average Bonchev–Trinajstić information content (AvgIpc) is 2.54. The van der Waals surface area contributed by atoms with E-state index in [1.54, 1.807) is 6.07 Å². The zero-order valence-electron chi connectivity index (χ0n) is 13.4. The van der Waals surface area contributed by atoms with Crippen molar-refractivity contribution in [2.45, 2.75) is 52.4 Å². The van der Waals surface area contributed by atoms with Crippen molar-refractivity contribution in [1.29, 1.82) is 0 Å². The number of aromatic hydroxyl groups is 1. The third kappa shape index (κ3) is 6.99. The van der Waals surface area contributed by atoms with Crippen molar-refractivity contribution in [3.8, 4) is 16.9 Å². The van der Waals surface area contributed by atoms with Crippen molar-refractivity contribution >= 4 is 0 Å². The Morgan fingerprint density at radius 3 is 1.71 bits per heavy atom. The first-order valence-electron chi connectivity index (χ1n) is 8.13. The monoisotopic (exact) mass is 284 g/mol. The Kier molecular flexibility index (Phi) is 9.03. The second-order valence-electron chi connectivity index (χ2n) is 5.30. The molecule has 0 unspecified atom stereocenters. The van der Waals surface area contributed by atoms with Crippen molar-refractivity contribution < 1.29 is 5.11 Å². The standard InChI is InChI=1S/C12H10O.C8H18/c13-12-9-5-4-8-11(12)10-6-2-1-3-7-10;1-3-5-7-8-6-4-2/h1-9,13H;3-8H2,1-2H3. The number of phenols is 1. The zero-order chi connectivity index (χ0) is 15.3. The molecule has 0 saturated carbocycles. The Morgan fingerprint density at radius 1 is 0.667 bits per heavy atom. The van der Waals surface area contributed by atoms with Gasteiger partial charge >= 0.3 is 0 Å². The fourth-order valence-corrected chi connectivity index (χ4v) is 2.19. The fourth-order valence-electron chi connectivity index (χ4n) is 2.19. The molecular weight excluding hydrogens is 256 g/mol. The van der Waals surface area contributed by atoms with Gasteiger partial charge in [-0.15, -0.1) is 0 Å². The van der Waals surface area contributed by atoms with Crippen molar-refractivity contribution in [2.75, 3.05) is 0 Å². The van der Waals surface area contributed by atoms with Gasteiger partial charge in [-0.1, -0.05) is 101 Å². The largest absolute Gasteiger partial charge is 0.507 e. The van der Waals surface area contributed by atoms with Crippen LogP contribution in [0, 0.1) is 0 Å². The van der Waals surface area contributed by atoms with Gasteiger partial charge in [-0.25, -0.2) is 0 Å². The predicted molar refractivity (Wildman–Crippen MR) is 92.6 cm³/mol. The summed E-state index contributed by atoms with van der Waals surface area (Å²) in [5.41, 5.74) is 1.92. The molecule has 0 aliphatic rings. The normalized spacial score (nSPS) is 9.81. The molecule has 0 aromatic heterocycles. The van der Waals surface area contributed by atoms with E-state index in [2.05, 4.69) is 13.8 Å². The van der Waals surface area contributed by atoms with Crippen LogP contribution >= 0.6 is 0 Å². The number of phenolic OH excluding ortho intramolecular Hbond substituents is 1. The molecule has 2 aromatic rings. The van der Waals surface area contributed by atoms with Gasteiger partial charge < -0.3 is 5.11 Å². The molecule has 0 amide bonds. The summed E-state index contributed by atoms with van der Waals surface area (Å²) in [4.78, 5) is 0. The highest BCUT2D eigenvalue weighted by Crippen LogP contribution is 2.27. The molecular formula is C20H28O. The topological polar surface area (TPSA) is 20.2 Å². The summed E-state index contributed by atoms with van der Waals surface area (Å²) >= 11 is 0. The van der Waals surface area contributed by atoms with Crippen molar-refractivity contribution in [2.24, 2.45) is 0 Å². The summed E-state index contributed by atoms with van der Waals surface area (Å²) in [6, 6.07) is 17.2. The first-order valence-corrected chi connectivity index (χ1v) is 8.13. The Labute approximate surface area is 129 Å². The number of hydrogen-bond acceptors (Lipinski definition) is 1. The van der Waals surface area contributed by atoms with Crippen LogP contribution in [0.1, 0.15) is 52.4 Å². The number of para-hydroxylation sites is 1. The van der Waals surface area contributed by atoms with E-state index in [4.69, 9.17) is 0 Å². The van der Waals surface area contributed by atoms with E-state index in [0.717, 1.165) is 11.1 Å². The SMILES string of the molecule is CCCCCCCC.Oc1ccccc1-c1ccccc1. The van der Waals surface area contributed by atoms with Crippen LogP contribution in [-0.4, -0.2) is 5.11 Å². The van der Waals surface area contributed by atoms with Crippen molar-refractivity contribution in [1.82, 2.24) is 0 Å². The molecule has 0 radical (unpaired) electrons. The number of hydrogen-bond donors (Lipinski definition) is 1. The molecule has 0 aliphatic heterocycles. The van der Waals surface area contributed by atoms with Gasteiger partial charge in [0.2, 0.25) is 0 Å². The summed E-state index contributed by atoms with van der Waals surface area (Å²) in [5, 5.41) is 9.56. The van der Waals surface area contributed by atoms with Crippen LogP contribution in [0.5, 0.6) is 5.75 Å². The van der Waals surface area contributed by atoms with Gasteiger partial charge in [0.05, 0.1) is 0 Å². The van der Waals surface area contributed by atoms with E-state index in [9.17, 15) is 5.11 Å². The number of benzene rings is 2. The first-order chi connectivity index (χ1) is 10.3. The van der Waals surface area contributed by atoms with Crippen molar-refractivity contribution in [3.05, 3.63) is 54.6 Å². The second-order valence-corrected chi connectivity index (χ2v) is 5.30. The highest BCUT2D eigenvalue weighted by atomic mass is 16.3. The molecule has 0 aliphatic carbocycles. The van der Waals surface area contributed by atoms with Gasteiger partial charge in [0, 0.05) is 5.56 Å². The molecule has 2 rings (SSSR count). The lowest BCUT2D eigenvalue weighted by molar-refractivity contribution is 0.477. The zero-order valence-corrected chi connectivity index (χ0v) is 13.4. The highest BCUT2D eigenvalue weighted by molar-refractivity contribution is 5.69.